The smallest absolute Gasteiger partial charge is 0.354 e. The molecule has 178 valence electrons. The standard InChI is InChI=1S/C24H20ClN5O4S/c1-3-34-19-11-14(25)7-8-17(19)30-18-9-10-35-21(18)22(28-24(30)33)26-15-5-4-6-16(13(15)2)29-12-20(31)27-23(29)32/h4-11H,3,12H2,1-2H3,(H,26,28,33)(H,27,31,32). The molecule has 2 aromatic carbocycles. The Balaban J connectivity index is 1.59. The summed E-state index contributed by atoms with van der Waals surface area (Å²) in [5.41, 5.74) is 2.72. The molecular formula is C24H20ClN5O4S. The van der Waals surface area contributed by atoms with E-state index in [1.165, 1.54) is 20.8 Å². The highest BCUT2D eigenvalue weighted by molar-refractivity contribution is 7.17. The Hall–Kier alpha value is -3.89. The Labute approximate surface area is 208 Å². The van der Waals surface area contributed by atoms with Gasteiger partial charge in [-0.1, -0.05) is 17.7 Å². The molecule has 1 aliphatic heterocycles. The van der Waals surface area contributed by atoms with Crippen LogP contribution in [0.2, 0.25) is 5.02 Å². The Morgan fingerprint density at radius 3 is 2.74 bits per heavy atom. The molecule has 0 unspecified atom stereocenters. The summed E-state index contributed by atoms with van der Waals surface area (Å²) in [5, 5.41) is 7.92. The predicted octanol–water partition coefficient (Wildman–Crippen LogP) is 4.61. The van der Waals surface area contributed by atoms with E-state index in [9.17, 15) is 14.4 Å². The monoisotopic (exact) mass is 509 g/mol. The number of nitrogens with one attached hydrogen (secondary N) is 2. The number of ether oxygens (including phenoxy) is 1. The van der Waals surface area contributed by atoms with Gasteiger partial charge in [0.25, 0.3) is 0 Å². The van der Waals surface area contributed by atoms with Gasteiger partial charge < -0.3 is 10.1 Å². The third-order valence-corrected chi connectivity index (χ3v) is 6.75. The molecule has 35 heavy (non-hydrogen) atoms. The van der Waals surface area contributed by atoms with E-state index in [-0.39, 0.29) is 12.5 Å². The number of hydrogen-bond donors (Lipinski definition) is 2. The van der Waals surface area contributed by atoms with Gasteiger partial charge in [0.2, 0.25) is 5.91 Å². The third kappa shape index (κ3) is 4.11. The summed E-state index contributed by atoms with van der Waals surface area (Å²) in [6.07, 6.45) is 0. The van der Waals surface area contributed by atoms with Crippen LogP contribution in [-0.2, 0) is 4.79 Å². The summed E-state index contributed by atoms with van der Waals surface area (Å²) < 4.78 is 7.99. The van der Waals surface area contributed by atoms with Crippen molar-refractivity contribution < 1.29 is 14.3 Å². The number of thiophene rings is 1. The molecule has 1 fully saturated rings. The normalized spacial score (nSPS) is 13.4. The maximum absolute atomic E-state index is 13.3. The van der Waals surface area contributed by atoms with E-state index < -0.39 is 11.7 Å². The van der Waals surface area contributed by atoms with Crippen molar-refractivity contribution in [1.29, 1.82) is 0 Å². The second kappa shape index (κ2) is 9.05. The van der Waals surface area contributed by atoms with Crippen molar-refractivity contribution in [1.82, 2.24) is 14.9 Å². The second-order valence-corrected chi connectivity index (χ2v) is 9.13. The van der Waals surface area contributed by atoms with E-state index in [1.54, 1.807) is 30.3 Å². The maximum atomic E-state index is 13.3. The van der Waals surface area contributed by atoms with E-state index >= 15 is 0 Å². The van der Waals surface area contributed by atoms with Gasteiger partial charge in [-0.15, -0.1) is 11.3 Å². The molecule has 0 saturated carbocycles. The summed E-state index contributed by atoms with van der Waals surface area (Å²) >= 11 is 7.58. The minimum absolute atomic E-state index is 0.0458. The summed E-state index contributed by atoms with van der Waals surface area (Å²) in [5.74, 6) is 0.524. The Morgan fingerprint density at radius 2 is 2.00 bits per heavy atom. The van der Waals surface area contributed by atoms with Crippen LogP contribution in [0.1, 0.15) is 12.5 Å². The van der Waals surface area contributed by atoms with Gasteiger partial charge in [0.05, 0.1) is 28.2 Å². The molecule has 0 radical (unpaired) electrons. The van der Waals surface area contributed by atoms with Crippen LogP contribution in [0.25, 0.3) is 15.9 Å². The number of carbonyl (C=O) groups is 2. The predicted molar refractivity (Wildman–Crippen MR) is 137 cm³/mol. The topological polar surface area (TPSA) is 106 Å². The summed E-state index contributed by atoms with van der Waals surface area (Å²) in [4.78, 5) is 42.8. The third-order valence-electron chi connectivity index (χ3n) is 5.60. The lowest BCUT2D eigenvalue weighted by molar-refractivity contribution is -0.117. The van der Waals surface area contributed by atoms with Gasteiger partial charge in [0, 0.05) is 16.8 Å². The molecule has 1 aliphatic rings. The molecule has 0 spiro atoms. The minimum Gasteiger partial charge on any atom is -0.492 e. The van der Waals surface area contributed by atoms with Crippen LogP contribution in [0.4, 0.5) is 22.0 Å². The first-order valence-corrected chi connectivity index (χ1v) is 12.0. The molecule has 5 rings (SSSR count). The van der Waals surface area contributed by atoms with Crippen molar-refractivity contribution in [3.05, 3.63) is 68.9 Å². The fourth-order valence-corrected chi connectivity index (χ4v) is 5.02. The van der Waals surface area contributed by atoms with Crippen LogP contribution in [0, 0.1) is 6.92 Å². The molecule has 3 heterocycles. The van der Waals surface area contributed by atoms with Crippen molar-refractivity contribution >= 4 is 62.3 Å². The van der Waals surface area contributed by atoms with Gasteiger partial charge in [-0.3, -0.25) is 19.6 Å². The minimum atomic E-state index is -0.486. The lowest BCUT2D eigenvalue weighted by Gasteiger charge is -2.19. The van der Waals surface area contributed by atoms with Crippen LogP contribution in [0.3, 0.4) is 0 Å². The molecule has 2 N–H and O–H groups in total. The van der Waals surface area contributed by atoms with Crippen molar-refractivity contribution in [3.8, 4) is 11.4 Å². The van der Waals surface area contributed by atoms with Crippen LogP contribution in [0.5, 0.6) is 5.75 Å². The molecule has 1 saturated heterocycles. The molecule has 0 aliphatic carbocycles. The van der Waals surface area contributed by atoms with Crippen molar-refractivity contribution in [2.45, 2.75) is 13.8 Å². The number of amides is 3. The van der Waals surface area contributed by atoms with E-state index in [0.29, 0.717) is 45.8 Å². The second-order valence-electron chi connectivity index (χ2n) is 7.77. The van der Waals surface area contributed by atoms with E-state index in [1.807, 2.05) is 31.4 Å². The van der Waals surface area contributed by atoms with Gasteiger partial charge >= 0.3 is 11.7 Å². The van der Waals surface area contributed by atoms with Crippen molar-refractivity contribution in [3.63, 3.8) is 0 Å². The largest absolute Gasteiger partial charge is 0.492 e. The number of benzene rings is 2. The highest BCUT2D eigenvalue weighted by atomic mass is 35.5. The number of carbonyl (C=O) groups excluding carboxylic acids is 2. The first-order chi connectivity index (χ1) is 16.9. The number of aromatic nitrogens is 2. The number of anilines is 3. The summed E-state index contributed by atoms with van der Waals surface area (Å²) in [7, 11) is 0. The van der Waals surface area contributed by atoms with Crippen LogP contribution >= 0.6 is 22.9 Å². The van der Waals surface area contributed by atoms with E-state index in [2.05, 4.69) is 15.6 Å². The van der Waals surface area contributed by atoms with Gasteiger partial charge in [-0.05, 0) is 55.1 Å². The fourth-order valence-electron chi connectivity index (χ4n) is 4.03. The SMILES string of the molecule is CCOc1cc(Cl)ccc1-n1c(=O)nc(Nc2cccc(N3CC(=O)NC3=O)c2C)c2sccc21. The number of fused-ring (bicyclic) bond motifs is 1. The van der Waals surface area contributed by atoms with Crippen molar-refractivity contribution in [2.24, 2.45) is 0 Å². The first-order valence-electron chi connectivity index (χ1n) is 10.8. The first kappa shape index (κ1) is 22.9. The molecule has 0 bridgehead atoms. The Kier molecular flexibility index (Phi) is 5.91. The van der Waals surface area contributed by atoms with Crippen LogP contribution in [0.15, 0.2) is 52.6 Å². The average molecular weight is 510 g/mol. The highest BCUT2D eigenvalue weighted by Crippen LogP contribution is 2.35. The molecule has 9 nitrogen and oxygen atoms in total. The lowest BCUT2D eigenvalue weighted by Crippen LogP contribution is -2.28. The molecule has 3 amide bonds. The number of imide groups is 1. The zero-order valence-electron chi connectivity index (χ0n) is 18.8. The van der Waals surface area contributed by atoms with Gasteiger partial charge in [0.1, 0.15) is 12.3 Å². The molecule has 0 atom stereocenters. The Bertz CT molecular complexity index is 1550. The van der Waals surface area contributed by atoms with E-state index in [0.717, 1.165) is 10.3 Å². The van der Waals surface area contributed by atoms with Gasteiger partial charge in [-0.2, -0.15) is 4.98 Å². The summed E-state index contributed by atoms with van der Waals surface area (Å²) in [6.45, 7) is 4.06. The number of rotatable bonds is 6. The van der Waals surface area contributed by atoms with Crippen LogP contribution in [-0.4, -0.2) is 34.6 Å². The summed E-state index contributed by atoms with van der Waals surface area (Å²) in [6, 6.07) is 11.8. The molecule has 2 aromatic heterocycles. The molecule has 11 heteroatoms. The zero-order chi connectivity index (χ0) is 24.7. The number of halogens is 1. The van der Waals surface area contributed by atoms with Crippen LogP contribution < -0.4 is 26.0 Å². The molecule has 4 aromatic rings. The number of hydrogen-bond acceptors (Lipinski definition) is 7. The fraction of sp³-hybridized carbons (Fsp3) is 0.167. The van der Waals surface area contributed by atoms with Crippen molar-refractivity contribution in [2.75, 3.05) is 23.4 Å². The quantitative estimate of drug-likeness (QED) is 0.368. The Morgan fingerprint density at radius 1 is 1.17 bits per heavy atom. The van der Waals surface area contributed by atoms with Gasteiger partial charge in [-0.25, -0.2) is 9.59 Å². The lowest BCUT2D eigenvalue weighted by atomic mass is 10.1. The number of nitrogens with zero attached hydrogens (tertiary/aromatic N) is 3. The zero-order valence-corrected chi connectivity index (χ0v) is 20.4. The highest BCUT2D eigenvalue weighted by Gasteiger charge is 2.29. The van der Waals surface area contributed by atoms with Gasteiger partial charge in [0.15, 0.2) is 5.82 Å². The number of urea groups is 1. The molecular weight excluding hydrogens is 490 g/mol. The van der Waals surface area contributed by atoms with E-state index in [4.69, 9.17) is 16.3 Å². The average Bonchev–Trinajstić information content (AvgIpc) is 3.43. The maximum Gasteiger partial charge on any atom is 0.354 e.